The Labute approximate surface area is 155 Å². The highest BCUT2D eigenvalue weighted by atomic mass is 19.2. The molecule has 0 unspecified atom stereocenters. The van der Waals surface area contributed by atoms with Crippen LogP contribution in [0, 0.1) is 25.5 Å². The number of amides is 1. The van der Waals surface area contributed by atoms with E-state index in [1.54, 1.807) is 18.3 Å². The molecular formula is C21H18F2N2O2. The number of ether oxygens (including phenoxy) is 1. The predicted molar refractivity (Wildman–Crippen MR) is 97.8 cm³/mol. The molecule has 27 heavy (non-hydrogen) atoms. The molecule has 6 heteroatoms. The Morgan fingerprint density at radius 3 is 2.67 bits per heavy atom. The van der Waals surface area contributed by atoms with E-state index in [1.807, 2.05) is 32.0 Å². The Morgan fingerprint density at radius 2 is 1.93 bits per heavy atom. The second-order valence-electron chi connectivity index (χ2n) is 6.16. The van der Waals surface area contributed by atoms with Gasteiger partial charge in [0, 0.05) is 18.8 Å². The fourth-order valence-electron chi connectivity index (χ4n) is 2.46. The van der Waals surface area contributed by atoms with E-state index >= 15 is 0 Å². The third-order valence-electron chi connectivity index (χ3n) is 4.01. The number of halogens is 2. The molecule has 1 amide bonds. The van der Waals surface area contributed by atoms with Gasteiger partial charge < -0.3 is 10.1 Å². The summed E-state index contributed by atoms with van der Waals surface area (Å²) in [5.41, 5.74) is 2.45. The molecule has 1 heterocycles. The van der Waals surface area contributed by atoms with Crippen LogP contribution in [0.3, 0.4) is 0 Å². The van der Waals surface area contributed by atoms with Crippen LogP contribution >= 0.6 is 0 Å². The largest absolute Gasteiger partial charge is 0.439 e. The van der Waals surface area contributed by atoms with Crippen molar-refractivity contribution in [3.8, 4) is 11.6 Å². The Morgan fingerprint density at radius 1 is 1.11 bits per heavy atom. The molecule has 1 N–H and O–H groups in total. The molecule has 0 radical (unpaired) electrons. The highest BCUT2D eigenvalue weighted by Crippen LogP contribution is 2.24. The number of rotatable bonds is 5. The van der Waals surface area contributed by atoms with Crippen molar-refractivity contribution in [2.45, 2.75) is 20.4 Å². The molecule has 0 saturated heterocycles. The lowest BCUT2D eigenvalue weighted by atomic mass is 10.1. The number of aromatic nitrogens is 1. The van der Waals surface area contributed by atoms with Crippen LogP contribution in [-0.2, 0) is 6.54 Å². The van der Waals surface area contributed by atoms with Gasteiger partial charge in [0.2, 0.25) is 5.88 Å². The van der Waals surface area contributed by atoms with E-state index in [-0.39, 0.29) is 12.1 Å². The molecule has 3 aromatic rings. The van der Waals surface area contributed by atoms with Crippen molar-refractivity contribution in [2.24, 2.45) is 0 Å². The minimum Gasteiger partial charge on any atom is -0.439 e. The highest BCUT2D eigenvalue weighted by Gasteiger charge is 2.14. The number of carbonyl (C=O) groups excluding carboxylic acids is 1. The van der Waals surface area contributed by atoms with Gasteiger partial charge in [-0.2, -0.15) is 0 Å². The average molecular weight is 368 g/mol. The number of carbonyl (C=O) groups is 1. The first-order valence-electron chi connectivity index (χ1n) is 8.36. The Hall–Kier alpha value is -3.28. The first-order valence-corrected chi connectivity index (χ1v) is 8.36. The number of hydrogen-bond donors (Lipinski definition) is 1. The van der Waals surface area contributed by atoms with Crippen LogP contribution in [0.15, 0.2) is 54.7 Å². The first-order chi connectivity index (χ1) is 12.9. The van der Waals surface area contributed by atoms with Crippen LogP contribution in [0.25, 0.3) is 0 Å². The van der Waals surface area contributed by atoms with Crippen LogP contribution in [0.4, 0.5) is 8.78 Å². The fraction of sp³-hybridized carbons (Fsp3) is 0.143. The maximum atomic E-state index is 13.6. The van der Waals surface area contributed by atoms with Crippen molar-refractivity contribution < 1.29 is 18.3 Å². The van der Waals surface area contributed by atoms with Crippen molar-refractivity contribution in [1.82, 2.24) is 10.3 Å². The number of benzene rings is 2. The van der Waals surface area contributed by atoms with E-state index in [0.717, 1.165) is 22.9 Å². The van der Waals surface area contributed by atoms with Gasteiger partial charge in [-0.25, -0.2) is 13.8 Å². The summed E-state index contributed by atoms with van der Waals surface area (Å²) in [6.07, 6.45) is 1.56. The molecule has 2 aromatic carbocycles. The van der Waals surface area contributed by atoms with Crippen molar-refractivity contribution in [2.75, 3.05) is 0 Å². The molecule has 0 aliphatic heterocycles. The smallest absolute Gasteiger partial charge is 0.254 e. The maximum Gasteiger partial charge on any atom is 0.254 e. The van der Waals surface area contributed by atoms with Crippen molar-refractivity contribution in [3.05, 3.63) is 88.6 Å². The van der Waals surface area contributed by atoms with Crippen LogP contribution < -0.4 is 10.1 Å². The SMILES string of the molecule is Cc1ccc(C)c(Oc2ccc(CNC(=O)c3cccc(F)c3F)cn2)c1. The van der Waals surface area contributed by atoms with Gasteiger partial charge in [-0.3, -0.25) is 4.79 Å². The number of pyridine rings is 1. The zero-order chi connectivity index (χ0) is 19.4. The molecule has 138 valence electrons. The van der Waals surface area contributed by atoms with E-state index in [2.05, 4.69) is 10.3 Å². The van der Waals surface area contributed by atoms with Crippen LogP contribution in [0.5, 0.6) is 11.6 Å². The monoisotopic (exact) mass is 368 g/mol. The third-order valence-corrected chi connectivity index (χ3v) is 4.01. The Bertz CT molecular complexity index is 972. The molecule has 3 rings (SSSR count). The standard InChI is InChI=1S/C21H18F2N2O2/c1-13-6-7-14(2)18(10-13)27-19-9-8-15(11-24-19)12-25-21(26)16-4-3-5-17(22)20(16)23/h3-11H,12H2,1-2H3,(H,25,26). The summed E-state index contributed by atoms with van der Waals surface area (Å²) in [5.74, 6) is -1.76. The topological polar surface area (TPSA) is 51.2 Å². The van der Waals surface area contributed by atoms with E-state index in [1.165, 1.54) is 12.1 Å². The summed E-state index contributed by atoms with van der Waals surface area (Å²) in [6.45, 7) is 4.06. The van der Waals surface area contributed by atoms with Crippen molar-refractivity contribution in [3.63, 3.8) is 0 Å². The molecule has 0 aliphatic rings. The van der Waals surface area contributed by atoms with Crippen molar-refractivity contribution >= 4 is 5.91 Å². The summed E-state index contributed by atoms with van der Waals surface area (Å²) in [5, 5.41) is 2.54. The summed E-state index contributed by atoms with van der Waals surface area (Å²) >= 11 is 0. The average Bonchev–Trinajstić information content (AvgIpc) is 2.66. The zero-order valence-corrected chi connectivity index (χ0v) is 14.9. The van der Waals surface area contributed by atoms with Crippen molar-refractivity contribution in [1.29, 1.82) is 0 Å². The van der Waals surface area contributed by atoms with Gasteiger partial charge in [0.05, 0.1) is 5.56 Å². The second kappa shape index (κ2) is 7.95. The minimum atomic E-state index is -1.16. The number of hydrogen-bond acceptors (Lipinski definition) is 3. The quantitative estimate of drug-likeness (QED) is 0.710. The van der Waals surface area contributed by atoms with Gasteiger partial charge in [-0.15, -0.1) is 0 Å². The molecule has 0 spiro atoms. The third kappa shape index (κ3) is 4.47. The normalized spacial score (nSPS) is 10.5. The second-order valence-corrected chi connectivity index (χ2v) is 6.16. The molecule has 0 aliphatic carbocycles. The van der Waals surface area contributed by atoms with Gasteiger partial charge in [-0.05, 0) is 48.7 Å². The highest BCUT2D eigenvalue weighted by molar-refractivity contribution is 5.94. The lowest BCUT2D eigenvalue weighted by molar-refractivity contribution is 0.0946. The summed E-state index contributed by atoms with van der Waals surface area (Å²) < 4.78 is 32.6. The number of nitrogens with zero attached hydrogens (tertiary/aromatic N) is 1. The van der Waals surface area contributed by atoms with E-state index in [0.29, 0.717) is 11.4 Å². The molecule has 0 fully saturated rings. The fourth-order valence-corrected chi connectivity index (χ4v) is 2.46. The molecular weight excluding hydrogens is 350 g/mol. The van der Waals surface area contributed by atoms with Gasteiger partial charge in [0.25, 0.3) is 5.91 Å². The molecule has 4 nitrogen and oxygen atoms in total. The summed E-state index contributed by atoms with van der Waals surface area (Å²) in [4.78, 5) is 16.2. The molecule has 0 atom stereocenters. The van der Waals surface area contributed by atoms with Gasteiger partial charge >= 0.3 is 0 Å². The van der Waals surface area contributed by atoms with E-state index < -0.39 is 17.5 Å². The Kier molecular flexibility index (Phi) is 5.45. The van der Waals surface area contributed by atoms with Crippen LogP contribution in [0.2, 0.25) is 0 Å². The Balaban J connectivity index is 1.63. The van der Waals surface area contributed by atoms with Crippen LogP contribution in [-0.4, -0.2) is 10.9 Å². The van der Waals surface area contributed by atoms with E-state index in [9.17, 15) is 13.6 Å². The molecule has 0 saturated carbocycles. The van der Waals surface area contributed by atoms with Gasteiger partial charge in [-0.1, -0.05) is 24.3 Å². The molecule has 0 bridgehead atoms. The van der Waals surface area contributed by atoms with Crippen LogP contribution in [0.1, 0.15) is 27.0 Å². The lowest BCUT2D eigenvalue weighted by Gasteiger charge is -2.10. The zero-order valence-electron chi connectivity index (χ0n) is 14.9. The lowest BCUT2D eigenvalue weighted by Crippen LogP contribution is -2.24. The predicted octanol–water partition coefficient (Wildman–Crippen LogP) is 4.70. The first kappa shape index (κ1) is 18.5. The maximum absolute atomic E-state index is 13.6. The minimum absolute atomic E-state index is 0.130. The summed E-state index contributed by atoms with van der Waals surface area (Å²) in [6, 6.07) is 12.8. The van der Waals surface area contributed by atoms with Gasteiger partial charge in [0.1, 0.15) is 5.75 Å². The van der Waals surface area contributed by atoms with E-state index in [4.69, 9.17) is 4.74 Å². The summed E-state index contributed by atoms with van der Waals surface area (Å²) in [7, 11) is 0. The number of nitrogens with one attached hydrogen (secondary N) is 1. The number of aryl methyl sites for hydroxylation is 2. The van der Waals surface area contributed by atoms with Gasteiger partial charge in [0.15, 0.2) is 11.6 Å². The molecule has 1 aromatic heterocycles.